The Morgan fingerprint density at radius 1 is 1.33 bits per heavy atom. The summed E-state index contributed by atoms with van der Waals surface area (Å²) in [5, 5.41) is 3.63. The Hall–Kier alpha value is -1.36. The number of fused-ring (bicyclic) bond motifs is 1. The lowest BCUT2D eigenvalue weighted by molar-refractivity contribution is -0.118. The Bertz CT molecular complexity index is 556. The minimum absolute atomic E-state index is 0.0831. The van der Waals surface area contributed by atoms with Gasteiger partial charge in [-0.05, 0) is 44.1 Å². The number of amides is 1. The van der Waals surface area contributed by atoms with Gasteiger partial charge in [-0.1, -0.05) is 13.3 Å². The molecule has 114 valence electrons. The predicted molar refractivity (Wildman–Crippen MR) is 82.6 cm³/mol. The lowest BCUT2D eigenvalue weighted by atomic mass is 10.1. The van der Waals surface area contributed by atoms with Crippen molar-refractivity contribution in [2.24, 2.45) is 17.8 Å². The molecule has 0 bridgehead atoms. The van der Waals surface area contributed by atoms with E-state index in [-0.39, 0.29) is 17.8 Å². The maximum absolute atomic E-state index is 12.4. The molecule has 1 heterocycles. The topological polar surface area (TPSA) is 55.4 Å². The average Bonchev–Trinajstić information content (AvgIpc) is 2.83. The minimum Gasteiger partial charge on any atom is -0.462 e. The number of hydrogen-bond acceptors (Lipinski definition) is 4. The molecule has 0 aliphatic heterocycles. The molecule has 0 aromatic carbocycles. The molecule has 1 amide bonds. The monoisotopic (exact) mass is 307 g/mol. The van der Waals surface area contributed by atoms with Crippen LogP contribution < -0.4 is 5.32 Å². The summed E-state index contributed by atoms with van der Waals surface area (Å²) < 4.78 is 5.08. The lowest BCUT2D eigenvalue weighted by Crippen LogP contribution is -2.17. The van der Waals surface area contributed by atoms with Crippen LogP contribution in [0.25, 0.3) is 0 Å². The smallest absolute Gasteiger partial charge is 0.341 e. The highest BCUT2D eigenvalue weighted by Crippen LogP contribution is 2.57. The van der Waals surface area contributed by atoms with E-state index in [1.807, 2.05) is 13.0 Å². The van der Waals surface area contributed by atoms with Crippen LogP contribution in [0.4, 0.5) is 5.00 Å². The second-order valence-electron chi connectivity index (χ2n) is 5.80. The molecule has 1 aromatic rings. The predicted octanol–water partition coefficient (Wildman–Crippen LogP) is 3.47. The highest BCUT2D eigenvalue weighted by atomic mass is 32.1. The van der Waals surface area contributed by atoms with Crippen LogP contribution in [0, 0.1) is 17.8 Å². The number of nitrogens with one attached hydrogen (secondary N) is 1. The van der Waals surface area contributed by atoms with E-state index >= 15 is 0 Å². The fourth-order valence-corrected chi connectivity index (χ4v) is 4.46. The molecule has 1 aromatic heterocycles. The number of thiophene rings is 1. The molecule has 2 unspecified atom stereocenters. The number of aryl methyl sites for hydroxylation is 1. The average molecular weight is 307 g/mol. The number of hydrogen-bond donors (Lipinski definition) is 1. The Balaban J connectivity index is 1.73. The van der Waals surface area contributed by atoms with Crippen LogP contribution in [0.5, 0.6) is 0 Å². The van der Waals surface area contributed by atoms with Crippen molar-refractivity contribution in [1.82, 2.24) is 0 Å². The third-order valence-corrected chi connectivity index (χ3v) is 5.77. The van der Waals surface area contributed by atoms with Crippen LogP contribution in [0.15, 0.2) is 6.07 Å². The summed E-state index contributed by atoms with van der Waals surface area (Å²) in [5.74, 6) is 1.07. The summed E-state index contributed by atoms with van der Waals surface area (Å²) in [4.78, 5) is 25.4. The van der Waals surface area contributed by atoms with Crippen molar-refractivity contribution >= 4 is 28.2 Å². The SMILES string of the molecule is CCOC(=O)c1cc(CC)sc1NC(=O)C1C2CCCC21. The van der Waals surface area contributed by atoms with E-state index in [4.69, 9.17) is 4.74 Å². The van der Waals surface area contributed by atoms with Crippen LogP contribution in [0.1, 0.15) is 48.3 Å². The quantitative estimate of drug-likeness (QED) is 0.847. The van der Waals surface area contributed by atoms with Crippen molar-refractivity contribution in [3.8, 4) is 0 Å². The van der Waals surface area contributed by atoms with Gasteiger partial charge in [0.25, 0.3) is 0 Å². The fraction of sp³-hybridized carbons (Fsp3) is 0.625. The first-order chi connectivity index (χ1) is 10.2. The molecule has 2 atom stereocenters. The van der Waals surface area contributed by atoms with Gasteiger partial charge in [-0.3, -0.25) is 4.79 Å². The molecule has 0 radical (unpaired) electrons. The van der Waals surface area contributed by atoms with E-state index in [0.717, 1.165) is 11.3 Å². The number of esters is 1. The second-order valence-corrected chi connectivity index (χ2v) is 6.94. The first-order valence-electron chi connectivity index (χ1n) is 7.76. The largest absolute Gasteiger partial charge is 0.462 e. The van der Waals surface area contributed by atoms with E-state index in [1.54, 1.807) is 6.92 Å². The van der Waals surface area contributed by atoms with Gasteiger partial charge in [0, 0.05) is 10.8 Å². The summed E-state index contributed by atoms with van der Waals surface area (Å²) in [6.45, 7) is 4.17. The second kappa shape index (κ2) is 5.79. The van der Waals surface area contributed by atoms with Gasteiger partial charge in [-0.25, -0.2) is 4.79 Å². The number of anilines is 1. The van der Waals surface area contributed by atoms with Crippen LogP contribution in [0.2, 0.25) is 0 Å². The standard InChI is InChI=1S/C16H21NO3S/c1-3-9-8-12(16(19)20-4-2)15(21-9)17-14(18)13-10-6-5-7-11(10)13/h8,10-11,13H,3-7H2,1-2H3,(H,17,18). The van der Waals surface area contributed by atoms with Crippen molar-refractivity contribution in [2.75, 3.05) is 11.9 Å². The number of ether oxygens (including phenoxy) is 1. The lowest BCUT2D eigenvalue weighted by Gasteiger charge is -2.07. The van der Waals surface area contributed by atoms with Crippen molar-refractivity contribution < 1.29 is 14.3 Å². The number of rotatable bonds is 5. The van der Waals surface area contributed by atoms with Gasteiger partial charge in [0.2, 0.25) is 5.91 Å². The molecule has 4 nitrogen and oxygen atoms in total. The van der Waals surface area contributed by atoms with Gasteiger partial charge in [0.05, 0.1) is 12.2 Å². The molecule has 2 saturated carbocycles. The fourth-order valence-electron chi connectivity index (χ4n) is 3.48. The van der Waals surface area contributed by atoms with Crippen LogP contribution in [-0.2, 0) is 16.0 Å². The van der Waals surface area contributed by atoms with Gasteiger partial charge in [0.15, 0.2) is 0 Å². The minimum atomic E-state index is -0.347. The summed E-state index contributed by atoms with van der Waals surface area (Å²) in [6.07, 6.45) is 4.46. The molecule has 3 rings (SSSR count). The van der Waals surface area contributed by atoms with Crippen molar-refractivity contribution in [3.63, 3.8) is 0 Å². The van der Waals surface area contributed by atoms with E-state index in [1.165, 1.54) is 30.6 Å². The normalized spacial score (nSPS) is 26.3. The van der Waals surface area contributed by atoms with Gasteiger partial charge in [-0.15, -0.1) is 11.3 Å². The van der Waals surface area contributed by atoms with E-state index in [9.17, 15) is 9.59 Å². The molecule has 1 N–H and O–H groups in total. The summed E-state index contributed by atoms with van der Waals surface area (Å²) in [6, 6.07) is 1.84. The van der Waals surface area contributed by atoms with Gasteiger partial charge < -0.3 is 10.1 Å². The third-order valence-electron chi connectivity index (χ3n) is 4.57. The molecular formula is C16H21NO3S. The zero-order chi connectivity index (χ0) is 15.0. The first kappa shape index (κ1) is 14.6. The van der Waals surface area contributed by atoms with Crippen molar-refractivity contribution in [2.45, 2.75) is 39.5 Å². The van der Waals surface area contributed by atoms with Gasteiger partial charge in [0.1, 0.15) is 5.00 Å². The summed E-state index contributed by atoms with van der Waals surface area (Å²) in [7, 11) is 0. The Kier molecular flexibility index (Phi) is 4.02. The molecule has 2 fully saturated rings. The summed E-state index contributed by atoms with van der Waals surface area (Å²) >= 11 is 1.48. The zero-order valence-corrected chi connectivity index (χ0v) is 13.3. The molecular weight excluding hydrogens is 286 g/mol. The first-order valence-corrected chi connectivity index (χ1v) is 8.58. The van der Waals surface area contributed by atoms with Crippen molar-refractivity contribution in [3.05, 3.63) is 16.5 Å². The van der Waals surface area contributed by atoms with Crippen molar-refractivity contribution in [1.29, 1.82) is 0 Å². The highest BCUT2D eigenvalue weighted by molar-refractivity contribution is 7.16. The molecule has 2 aliphatic carbocycles. The maximum Gasteiger partial charge on any atom is 0.341 e. The van der Waals surface area contributed by atoms with Crippen LogP contribution in [-0.4, -0.2) is 18.5 Å². The molecule has 0 spiro atoms. The van der Waals surface area contributed by atoms with Gasteiger partial charge >= 0.3 is 5.97 Å². The highest BCUT2D eigenvalue weighted by Gasteiger charge is 2.56. The Labute approximate surface area is 128 Å². The molecule has 0 saturated heterocycles. The van der Waals surface area contributed by atoms with Crippen LogP contribution >= 0.6 is 11.3 Å². The van der Waals surface area contributed by atoms with Crippen LogP contribution in [0.3, 0.4) is 0 Å². The molecule has 21 heavy (non-hydrogen) atoms. The number of carbonyl (C=O) groups is 2. The zero-order valence-electron chi connectivity index (χ0n) is 12.5. The van der Waals surface area contributed by atoms with E-state index in [2.05, 4.69) is 5.32 Å². The molecule has 2 aliphatic rings. The summed E-state index contributed by atoms with van der Waals surface area (Å²) in [5.41, 5.74) is 0.498. The Morgan fingerprint density at radius 2 is 2.05 bits per heavy atom. The van der Waals surface area contributed by atoms with E-state index in [0.29, 0.717) is 29.0 Å². The van der Waals surface area contributed by atoms with Gasteiger partial charge in [-0.2, -0.15) is 0 Å². The maximum atomic E-state index is 12.4. The number of carbonyl (C=O) groups excluding carboxylic acids is 2. The molecule has 5 heteroatoms. The Morgan fingerprint density at radius 3 is 2.67 bits per heavy atom. The third kappa shape index (κ3) is 2.71. The van der Waals surface area contributed by atoms with E-state index < -0.39 is 0 Å².